The number of hydrogen-bond donors (Lipinski definition) is 2. The summed E-state index contributed by atoms with van der Waals surface area (Å²) in [6.45, 7) is 2.68. The van der Waals surface area contributed by atoms with Crippen LogP contribution in [0.4, 0.5) is 0 Å². The van der Waals surface area contributed by atoms with Gasteiger partial charge in [-0.15, -0.1) is 0 Å². The molecule has 0 heterocycles. The topological polar surface area (TPSA) is 66.4 Å². The Kier molecular flexibility index (Phi) is 11.7. The van der Waals surface area contributed by atoms with Crippen molar-refractivity contribution >= 4 is 11.9 Å². The van der Waals surface area contributed by atoms with Crippen molar-refractivity contribution in [1.29, 1.82) is 0 Å². The maximum atomic E-state index is 11.4. The van der Waals surface area contributed by atoms with Crippen molar-refractivity contribution in [2.45, 2.75) is 71.1 Å². The molecule has 0 radical (unpaired) electrons. The highest BCUT2D eigenvalue weighted by Gasteiger charge is 2.01. The number of rotatable bonds is 12. The van der Waals surface area contributed by atoms with Gasteiger partial charge in [-0.2, -0.15) is 0 Å². The maximum absolute atomic E-state index is 11.4. The van der Waals surface area contributed by atoms with E-state index in [1.165, 1.54) is 32.1 Å². The van der Waals surface area contributed by atoms with Crippen LogP contribution < -0.4 is 5.32 Å². The van der Waals surface area contributed by atoms with Gasteiger partial charge in [-0.25, -0.2) is 0 Å². The number of carboxylic acids is 1. The van der Waals surface area contributed by atoms with Crippen molar-refractivity contribution in [2.24, 2.45) is 0 Å². The van der Waals surface area contributed by atoms with E-state index in [1.807, 2.05) is 0 Å². The molecular weight excluding hydrogens is 230 g/mol. The summed E-state index contributed by atoms with van der Waals surface area (Å²) >= 11 is 0. The SMILES string of the molecule is CCCCCCCCCC(=O)NCCCC(=O)O. The normalized spacial score (nSPS) is 10.3. The van der Waals surface area contributed by atoms with Crippen molar-refractivity contribution < 1.29 is 14.7 Å². The summed E-state index contributed by atoms with van der Waals surface area (Å²) in [4.78, 5) is 21.6. The number of carbonyl (C=O) groups is 2. The highest BCUT2D eigenvalue weighted by atomic mass is 16.4. The van der Waals surface area contributed by atoms with Crippen LogP contribution in [-0.2, 0) is 9.59 Å². The van der Waals surface area contributed by atoms with Gasteiger partial charge in [0.1, 0.15) is 0 Å². The van der Waals surface area contributed by atoms with Crippen LogP contribution in [-0.4, -0.2) is 23.5 Å². The molecule has 2 N–H and O–H groups in total. The molecule has 0 unspecified atom stereocenters. The summed E-state index contributed by atoms with van der Waals surface area (Å²) in [5.74, 6) is -0.759. The quantitative estimate of drug-likeness (QED) is 0.528. The van der Waals surface area contributed by atoms with Crippen molar-refractivity contribution in [2.75, 3.05) is 6.54 Å². The molecule has 1 amide bonds. The van der Waals surface area contributed by atoms with Crippen LogP contribution in [0, 0.1) is 0 Å². The van der Waals surface area contributed by atoms with E-state index in [1.54, 1.807) is 0 Å². The molecule has 0 atom stereocenters. The van der Waals surface area contributed by atoms with Crippen molar-refractivity contribution in [3.8, 4) is 0 Å². The zero-order valence-electron chi connectivity index (χ0n) is 11.5. The van der Waals surface area contributed by atoms with Gasteiger partial charge in [-0.1, -0.05) is 45.4 Å². The Balaban J connectivity index is 3.19. The molecule has 0 rings (SSSR count). The lowest BCUT2D eigenvalue weighted by atomic mass is 10.1. The Bertz CT molecular complexity index is 229. The van der Waals surface area contributed by atoms with Gasteiger partial charge in [0.15, 0.2) is 0 Å². The van der Waals surface area contributed by atoms with Gasteiger partial charge >= 0.3 is 5.97 Å². The predicted molar refractivity (Wildman–Crippen MR) is 72.5 cm³/mol. The third-order valence-electron chi connectivity index (χ3n) is 2.90. The number of aliphatic carboxylic acids is 1. The molecule has 0 aliphatic rings. The minimum atomic E-state index is -0.809. The summed E-state index contributed by atoms with van der Waals surface area (Å²) in [5.41, 5.74) is 0. The average molecular weight is 257 g/mol. The van der Waals surface area contributed by atoms with E-state index in [2.05, 4.69) is 12.2 Å². The Morgan fingerprint density at radius 1 is 0.889 bits per heavy atom. The lowest BCUT2D eigenvalue weighted by molar-refractivity contribution is -0.137. The van der Waals surface area contributed by atoms with Gasteiger partial charge in [-0.3, -0.25) is 9.59 Å². The van der Waals surface area contributed by atoms with Gasteiger partial charge in [-0.05, 0) is 12.8 Å². The summed E-state index contributed by atoms with van der Waals surface area (Å²) in [7, 11) is 0. The Labute approximate surface area is 110 Å². The van der Waals surface area contributed by atoms with Crippen LogP contribution in [0.2, 0.25) is 0 Å². The van der Waals surface area contributed by atoms with Gasteiger partial charge in [0, 0.05) is 19.4 Å². The summed E-state index contributed by atoms with van der Waals surface area (Å²) in [6.07, 6.45) is 9.63. The number of unbranched alkanes of at least 4 members (excludes halogenated alkanes) is 6. The fourth-order valence-electron chi connectivity index (χ4n) is 1.80. The van der Waals surface area contributed by atoms with Gasteiger partial charge < -0.3 is 10.4 Å². The molecular formula is C14H27NO3. The fraction of sp³-hybridized carbons (Fsp3) is 0.857. The molecule has 0 aromatic heterocycles. The van der Waals surface area contributed by atoms with E-state index in [0.717, 1.165) is 12.8 Å². The zero-order chi connectivity index (χ0) is 13.6. The monoisotopic (exact) mass is 257 g/mol. The summed E-state index contributed by atoms with van der Waals surface area (Å²) < 4.78 is 0. The molecule has 18 heavy (non-hydrogen) atoms. The van der Waals surface area contributed by atoms with Crippen LogP contribution in [0.15, 0.2) is 0 Å². The third-order valence-corrected chi connectivity index (χ3v) is 2.90. The highest BCUT2D eigenvalue weighted by Crippen LogP contribution is 2.08. The number of carboxylic acid groups (broad SMARTS) is 1. The molecule has 0 spiro atoms. The van der Waals surface area contributed by atoms with Crippen molar-refractivity contribution in [1.82, 2.24) is 5.32 Å². The smallest absolute Gasteiger partial charge is 0.303 e. The van der Waals surface area contributed by atoms with E-state index in [9.17, 15) is 9.59 Å². The van der Waals surface area contributed by atoms with Crippen molar-refractivity contribution in [3.63, 3.8) is 0 Å². The highest BCUT2D eigenvalue weighted by molar-refractivity contribution is 5.75. The second-order valence-corrected chi connectivity index (χ2v) is 4.72. The minimum absolute atomic E-state index is 0.0500. The lowest BCUT2D eigenvalue weighted by Crippen LogP contribution is -2.24. The van der Waals surface area contributed by atoms with E-state index in [-0.39, 0.29) is 12.3 Å². The molecule has 0 aliphatic heterocycles. The first-order chi connectivity index (χ1) is 8.66. The second-order valence-electron chi connectivity index (χ2n) is 4.72. The van der Waals surface area contributed by atoms with E-state index < -0.39 is 5.97 Å². The van der Waals surface area contributed by atoms with Crippen LogP contribution in [0.5, 0.6) is 0 Å². The van der Waals surface area contributed by atoms with E-state index in [4.69, 9.17) is 5.11 Å². The van der Waals surface area contributed by atoms with Gasteiger partial charge in [0.25, 0.3) is 0 Å². The van der Waals surface area contributed by atoms with Gasteiger partial charge in [0.2, 0.25) is 5.91 Å². The molecule has 0 bridgehead atoms. The molecule has 0 aromatic carbocycles. The molecule has 0 aliphatic carbocycles. The Hall–Kier alpha value is -1.06. The Morgan fingerprint density at radius 3 is 2.11 bits per heavy atom. The minimum Gasteiger partial charge on any atom is -0.481 e. The standard InChI is InChI=1S/C14H27NO3/c1-2-3-4-5-6-7-8-10-13(16)15-12-9-11-14(17)18/h2-12H2,1H3,(H,15,16)(H,17,18). The van der Waals surface area contributed by atoms with Crippen LogP contribution in [0.1, 0.15) is 71.1 Å². The summed E-state index contributed by atoms with van der Waals surface area (Å²) in [6, 6.07) is 0. The first-order valence-electron chi connectivity index (χ1n) is 7.15. The maximum Gasteiger partial charge on any atom is 0.303 e. The molecule has 0 aromatic rings. The van der Waals surface area contributed by atoms with Crippen molar-refractivity contribution in [3.05, 3.63) is 0 Å². The fourth-order valence-corrected chi connectivity index (χ4v) is 1.80. The zero-order valence-corrected chi connectivity index (χ0v) is 11.5. The van der Waals surface area contributed by atoms with Crippen LogP contribution >= 0.6 is 0 Å². The molecule has 4 heteroatoms. The van der Waals surface area contributed by atoms with Crippen LogP contribution in [0.3, 0.4) is 0 Å². The van der Waals surface area contributed by atoms with E-state index >= 15 is 0 Å². The molecule has 0 saturated carbocycles. The third kappa shape index (κ3) is 13.0. The Morgan fingerprint density at radius 2 is 1.50 bits per heavy atom. The largest absolute Gasteiger partial charge is 0.481 e. The average Bonchev–Trinajstić information content (AvgIpc) is 2.33. The first-order valence-corrected chi connectivity index (χ1v) is 7.15. The lowest BCUT2D eigenvalue weighted by Gasteiger charge is -2.04. The number of nitrogens with one attached hydrogen (secondary N) is 1. The predicted octanol–water partition coefficient (Wildman–Crippen LogP) is 3.11. The number of amides is 1. The van der Waals surface area contributed by atoms with Gasteiger partial charge in [0.05, 0.1) is 0 Å². The molecule has 0 fully saturated rings. The number of hydrogen-bond acceptors (Lipinski definition) is 2. The molecule has 0 saturated heterocycles. The molecule has 4 nitrogen and oxygen atoms in total. The van der Waals surface area contributed by atoms with E-state index in [0.29, 0.717) is 19.4 Å². The molecule has 106 valence electrons. The van der Waals surface area contributed by atoms with Crippen LogP contribution in [0.25, 0.3) is 0 Å². The summed E-state index contributed by atoms with van der Waals surface area (Å²) in [5, 5.41) is 11.2. The second kappa shape index (κ2) is 12.4. The first kappa shape index (κ1) is 16.9. The number of carbonyl (C=O) groups excluding carboxylic acids is 1.